The smallest absolute Gasteiger partial charge is 0.195 e. The third-order valence-electron chi connectivity index (χ3n) is 4.70. The number of fused-ring (bicyclic) bond motifs is 1. The molecule has 21 heavy (non-hydrogen) atoms. The standard InChI is InChI=1S/C16H26N4S/c1-4-7-17-11-14-15(18-16-20(14)9-10-21-16)19-8-5-6-12(2)13(19)3/h9-10,12-13,17H,4-8,11H2,1-3H3. The summed E-state index contributed by atoms with van der Waals surface area (Å²) in [6, 6.07) is 0.577. The molecule has 1 aliphatic heterocycles. The summed E-state index contributed by atoms with van der Waals surface area (Å²) in [6.45, 7) is 10.0. The Hall–Kier alpha value is -1.07. The Kier molecular flexibility index (Phi) is 4.50. The first-order valence-corrected chi connectivity index (χ1v) is 9.02. The van der Waals surface area contributed by atoms with Crippen LogP contribution >= 0.6 is 11.3 Å². The molecular formula is C16H26N4S. The fourth-order valence-electron chi connectivity index (χ4n) is 3.23. The second kappa shape index (κ2) is 6.36. The van der Waals surface area contributed by atoms with Crippen molar-refractivity contribution in [1.29, 1.82) is 0 Å². The lowest BCUT2D eigenvalue weighted by atomic mass is 9.92. The maximum Gasteiger partial charge on any atom is 0.195 e. The van der Waals surface area contributed by atoms with Gasteiger partial charge < -0.3 is 10.2 Å². The van der Waals surface area contributed by atoms with Gasteiger partial charge in [-0.15, -0.1) is 11.3 Å². The topological polar surface area (TPSA) is 32.6 Å². The Morgan fingerprint density at radius 2 is 2.29 bits per heavy atom. The van der Waals surface area contributed by atoms with Gasteiger partial charge in [0.25, 0.3) is 0 Å². The molecule has 1 N–H and O–H groups in total. The predicted molar refractivity (Wildman–Crippen MR) is 90.3 cm³/mol. The number of imidazole rings is 1. The van der Waals surface area contributed by atoms with Gasteiger partial charge in [0, 0.05) is 30.7 Å². The molecular weight excluding hydrogens is 280 g/mol. The number of anilines is 1. The van der Waals surface area contributed by atoms with Crippen molar-refractivity contribution < 1.29 is 0 Å². The molecule has 116 valence electrons. The Morgan fingerprint density at radius 3 is 3.10 bits per heavy atom. The van der Waals surface area contributed by atoms with Gasteiger partial charge in [0.2, 0.25) is 0 Å². The quantitative estimate of drug-likeness (QED) is 0.858. The molecule has 4 nitrogen and oxygen atoms in total. The minimum atomic E-state index is 0.577. The molecule has 2 aromatic heterocycles. The van der Waals surface area contributed by atoms with Crippen LogP contribution in [-0.2, 0) is 6.54 Å². The molecule has 5 heteroatoms. The fourth-order valence-corrected chi connectivity index (χ4v) is 3.96. The van der Waals surface area contributed by atoms with Gasteiger partial charge in [-0.2, -0.15) is 0 Å². The maximum atomic E-state index is 4.93. The van der Waals surface area contributed by atoms with Gasteiger partial charge in [0.1, 0.15) is 0 Å². The first-order valence-electron chi connectivity index (χ1n) is 8.14. The summed E-state index contributed by atoms with van der Waals surface area (Å²) in [7, 11) is 0. The van der Waals surface area contributed by atoms with E-state index >= 15 is 0 Å². The number of nitrogens with zero attached hydrogens (tertiary/aromatic N) is 3. The summed E-state index contributed by atoms with van der Waals surface area (Å²) in [5, 5.41) is 5.66. The second-order valence-corrected chi connectivity index (χ2v) is 7.04. The van der Waals surface area contributed by atoms with Crippen LogP contribution in [0.1, 0.15) is 45.7 Å². The van der Waals surface area contributed by atoms with Crippen LogP contribution in [0.5, 0.6) is 0 Å². The van der Waals surface area contributed by atoms with Gasteiger partial charge >= 0.3 is 0 Å². The third kappa shape index (κ3) is 2.81. The zero-order chi connectivity index (χ0) is 14.8. The minimum absolute atomic E-state index is 0.577. The van der Waals surface area contributed by atoms with E-state index in [-0.39, 0.29) is 0 Å². The molecule has 1 aliphatic rings. The van der Waals surface area contributed by atoms with Crippen molar-refractivity contribution in [1.82, 2.24) is 14.7 Å². The van der Waals surface area contributed by atoms with Crippen molar-refractivity contribution in [2.24, 2.45) is 5.92 Å². The molecule has 0 spiro atoms. The number of hydrogen-bond donors (Lipinski definition) is 1. The van der Waals surface area contributed by atoms with Crippen molar-refractivity contribution in [3.05, 3.63) is 17.3 Å². The second-order valence-electron chi connectivity index (χ2n) is 6.17. The molecule has 1 fully saturated rings. The molecule has 0 saturated carbocycles. The van der Waals surface area contributed by atoms with E-state index in [0.29, 0.717) is 6.04 Å². The number of aromatic nitrogens is 2. The van der Waals surface area contributed by atoms with E-state index in [1.54, 1.807) is 11.3 Å². The van der Waals surface area contributed by atoms with Gasteiger partial charge in [0.15, 0.2) is 10.8 Å². The normalized spacial score (nSPS) is 23.1. The summed E-state index contributed by atoms with van der Waals surface area (Å²) < 4.78 is 2.26. The van der Waals surface area contributed by atoms with E-state index in [9.17, 15) is 0 Å². The average molecular weight is 306 g/mol. The third-order valence-corrected chi connectivity index (χ3v) is 5.46. The molecule has 2 unspecified atom stereocenters. The van der Waals surface area contributed by atoms with Gasteiger partial charge in [0.05, 0.1) is 5.69 Å². The van der Waals surface area contributed by atoms with Gasteiger partial charge in [-0.1, -0.05) is 13.8 Å². The Bertz CT molecular complexity index is 588. The molecule has 3 rings (SSSR count). The summed E-state index contributed by atoms with van der Waals surface area (Å²) in [5.41, 5.74) is 1.32. The summed E-state index contributed by atoms with van der Waals surface area (Å²) in [5.74, 6) is 1.94. The van der Waals surface area contributed by atoms with E-state index in [2.05, 4.69) is 47.0 Å². The van der Waals surface area contributed by atoms with E-state index in [4.69, 9.17) is 4.98 Å². The van der Waals surface area contributed by atoms with Crippen LogP contribution in [-0.4, -0.2) is 28.5 Å². The van der Waals surface area contributed by atoms with E-state index in [0.717, 1.165) is 36.9 Å². The van der Waals surface area contributed by atoms with Crippen molar-refractivity contribution in [2.75, 3.05) is 18.0 Å². The molecule has 0 amide bonds. The maximum absolute atomic E-state index is 4.93. The highest BCUT2D eigenvalue weighted by Crippen LogP contribution is 2.32. The SMILES string of the molecule is CCCNCc1c(N2CCCC(C)C2C)nc2sccn12. The van der Waals surface area contributed by atoms with Crippen molar-refractivity contribution in [3.63, 3.8) is 0 Å². The van der Waals surface area contributed by atoms with Crippen LogP contribution in [0.2, 0.25) is 0 Å². The van der Waals surface area contributed by atoms with Crippen LogP contribution in [0.4, 0.5) is 5.82 Å². The van der Waals surface area contributed by atoms with Crippen molar-refractivity contribution in [2.45, 2.75) is 52.6 Å². The highest BCUT2D eigenvalue weighted by atomic mass is 32.1. The number of thiazole rings is 1. The van der Waals surface area contributed by atoms with Crippen molar-refractivity contribution in [3.8, 4) is 0 Å². The van der Waals surface area contributed by atoms with Crippen LogP contribution in [0.25, 0.3) is 4.96 Å². The van der Waals surface area contributed by atoms with Crippen LogP contribution in [0.3, 0.4) is 0 Å². The number of piperidine rings is 1. The number of rotatable bonds is 5. The Balaban J connectivity index is 1.92. The molecule has 0 radical (unpaired) electrons. The largest absolute Gasteiger partial charge is 0.352 e. The first kappa shape index (κ1) is 14.9. The lowest BCUT2D eigenvalue weighted by Crippen LogP contribution is -2.43. The van der Waals surface area contributed by atoms with E-state index in [1.807, 2.05) is 0 Å². The lowest BCUT2D eigenvalue weighted by Gasteiger charge is -2.38. The van der Waals surface area contributed by atoms with E-state index < -0.39 is 0 Å². The van der Waals surface area contributed by atoms with Gasteiger partial charge in [-0.05, 0) is 38.6 Å². The highest BCUT2D eigenvalue weighted by Gasteiger charge is 2.29. The van der Waals surface area contributed by atoms with Gasteiger partial charge in [-0.25, -0.2) is 4.98 Å². The molecule has 0 aliphatic carbocycles. The minimum Gasteiger partial charge on any atom is -0.352 e. The predicted octanol–water partition coefficient (Wildman–Crippen LogP) is 3.52. The zero-order valence-corrected chi connectivity index (χ0v) is 14.1. The summed E-state index contributed by atoms with van der Waals surface area (Å²) in [6.07, 6.45) is 5.93. The molecule has 3 heterocycles. The number of nitrogens with one attached hydrogen (secondary N) is 1. The van der Waals surface area contributed by atoms with Crippen LogP contribution in [0.15, 0.2) is 11.6 Å². The van der Waals surface area contributed by atoms with Gasteiger partial charge in [-0.3, -0.25) is 4.40 Å². The lowest BCUT2D eigenvalue weighted by molar-refractivity contribution is 0.361. The average Bonchev–Trinajstić information content (AvgIpc) is 3.04. The molecule has 2 atom stereocenters. The van der Waals surface area contributed by atoms with Crippen LogP contribution in [0, 0.1) is 5.92 Å². The Morgan fingerprint density at radius 1 is 1.43 bits per heavy atom. The highest BCUT2D eigenvalue weighted by molar-refractivity contribution is 7.15. The monoisotopic (exact) mass is 306 g/mol. The van der Waals surface area contributed by atoms with Crippen LogP contribution < -0.4 is 10.2 Å². The summed E-state index contributed by atoms with van der Waals surface area (Å²) >= 11 is 1.72. The zero-order valence-electron chi connectivity index (χ0n) is 13.3. The fraction of sp³-hybridized carbons (Fsp3) is 0.688. The van der Waals surface area contributed by atoms with Crippen molar-refractivity contribution >= 4 is 22.1 Å². The van der Waals surface area contributed by atoms with E-state index in [1.165, 1.54) is 24.4 Å². The Labute approximate surface area is 131 Å². The molecule has 2 aromatic rings. The number of hydrogen-bond acceptors (Lipinski definition) is 4. The molecule has 0 aromatic carbocycles. The summed E-state index contributed by atoms with van der Waals surface area (Å²) in [4.78, 5) is 8.57. The molecule has 1 saturated heterocycles. The molecule has 0 bridgehead atoms. The first-order chi connectivity index (χ1) is 10.2.